The lowest BCUT2D eigenvalue weighted by Gasteiger charge is -2.46. The van der Waals surface area contributed by atoms with Crippen molar-refractivity contribution in [3.8, 4) is 0 Å². The second-order valence-corrected chi connectivity index (χ2v) is 8.22. The SMILES string of the molecule is CCOC(=O)C1(Cc2ccc(F)cc2F)CCCN(C2CCN(C(C)=O)CC2)C1. The number of carbonyl (C=O) groups is 2. The number of piperidine rings is 2. The summed E-state index contributed by atoms with van der Waals surface area (Å²) in [6.07, 6.45) is 3.35. The van der Waals surface area contributed by atoms with Crippen LogP contribution in [-0.4, -0.2) is 60.5 Å². The summed E-state index contributed by atoms with van der Waals surface area (Å²) >= 11 is 0. The molecule has 3 rings (SSSR count). The molecule has 2 fully saturated rings. The molecule has 1 aromatic rings. The fourth-order valence-electron chi connectivity index (χ4n) is 4.72. The Hall–Kier alpha value is -2.02. The van der Waals surface area contributed by atoms with Gasteiger partial charge >= 0.3 is 5.97 Å². The van der Waals surface area contributed by atoms with Gasteiger partial charge in [0.1, 0.15) is 11.6 Å². The number of nitrogens with zero attached hydrogens (tertiary/aromatic N) is 2. The van der Waals surface area contributed by atoms with Crippen molar-refractivity contribution < 1.29 is 23.1 Å². The first kappa shape index (κ1) is 21.7. The normalized spacial score (nSPS) is 23.8. The van der Waals surface area contributed by atoms with Crippen LogP contribution in [0.4, 0.5) is 8.78 Å². The van der Waals surface area contributed by atoms with Gasteiger partial charge in [0.2, 0.25) is 5.91 Å². The largest absolute Gasteiger partial charge is 0.466 e. The zero-order valence-electron chi connectivity index (χ0n) is 17.3. The molecule has 0 radical (unpaired) electrons. The van der Waals surface area contributed by atoms with Gasteiger partial charge in [-0.3, -0.25) is 14.5 Å². The van der Waals surface area contributed by atoms with Crippen LogP contribution in [0.1, 0.15) is 45.1 Å². The Morgan fingerprint density at radius 3 is 2.55 bits per heavy atom. The molecule has 2 heterocycles. The fraction of sp³-hybridized carbons (Fsp3) is 0.636. The molecule has 0 aromatic heterocycles. The number of hydrogen-bond donors (Lipinski definition) is 0. The Kier molecular flexibility index (Phi) is 6.88. The minimum atomic E-state index is -0.843. The maximum absolute atomic E-state index is 14.4. The lowest BCUT2D eigenvalue weighted by Crippen LogP contribution is -2.55. The predicted molar refractivity (Wildman–Crippen MR) is 105 cm³/mol. The van der Waals surface area contributed by atoms with Crippen molar-refractivity contribution in [3.05, 3.63) is 35.4 Å². The van der Waals surface area contributed by atoms with E-state index < -0.39 is 17.0 Å². The van der Waals surface area contributed by atoms with E-state index in [0.717, 1.165) is 45.0 Å². The second-order valence-electron chi connectivity index (χ2n) is 8.22. The number of hydrogen-bond acceptors (Lipinski definition) is 4. The smallest absolute Gasteiger partial charge is 0.313 e. The quantitative estimate of drug-likeness (QED) is 0.703. The van der Waals surface area contributed by atoms with Crippen LogP contribution in [0, 0.1) is 17.0 Å². The third kappa shape index (κ3) is 4.94. The molecule has 160 valence electrons. The van der Waals surface area contributed by atoms with Crippen LogP contribution >= 0.6 is 0 Å². The van der Waals surface area contributed by atoms with Crippen LogP contribution in [-0.2, 0) is 20.7 Å². The molecule has 2 aliphatic heterocycles. The van der Waals surface area contributed by atoms with E-state index in [1.54, 1.807) is 13.8 Å². The van der Waals surface area contributed by atoms with Crippen molar-refractivity contribution in [1.82, 2.24) is 9.80 Å². The number of likely N-dealkylation sites (tertiary alicyclic amines) is 2. The van der Waals surface area contributed by atoms with Crippen molar-refractivity contribution in [3.63, 3.8) is 0 Å². The number of rotatable bonds is 5. The Balaban J connectivity index is 1.79. The zero-order valence-corrected chi connectivity index (χ0v) is 17.3. The number of halogens is 2. The van der Waals surface area contributed by atoms with Crippen molar-refractivity contribution in [2.24, 2.45) is 5.41 Å². The summed E-state index contributed by atoms with van der Waals surface area (Å²) in [5, 5.41) is 0. The van der Waals surface area contributed by atoms with E-state index in [4.69, 9.17) is 4.74 Å². The second kappa shape index (κ2) is 9.20. The Morgan fingerprint density at radius 1 is 1.21 bits per heavy atom. The summed E-state index contributed by atoms with van der Waals surface area (Å²) in [6, 6.07) is 3.81. The van der Waals surface area contributed by atoms with E-state index >= 15 is 0 Å². The highest BCUT2D eigenvalue weighted by molar-refractivity contribution is 5.78. The van der Waals surface area contributed by atoms with Gasteiger partial charge in [-0.05, 0) is 57.2 Å². The predicted octanol–water partition coefficient (Wildman–Crippen LogP) is 3.16. The van der Waals surface area contributed by atoms with Crippen molar-refractivity contribution in [1.29, 1.82) is 0 Å². The standard InChI is InChI=1S/C22H30F2N2O3/c1-3-29-21(28)22(14-17-5-6-18(23)13-20(17)24)9-4-10-26(15-22)19-7-11-25(12-8-19)16(2)27/h5-6,13,19H,3-4,7-12,14-15H2,1-2H3. The van der Waals surface area contributed by atoms with Gasteiger partial charge in [0.25, 0.3) is 0 Å². The lowest BCUT2D eigenvalue weighted by molar-refractivity contribution is -0.160. The average Bonchev–Trinajstić information content (AvgIpc) is 2.70. The Bertz CT molecular complexity index is 750. The zero-order chi connectivity index (χ0) is 21.0. The first-order chi connectivity index (χ1) is 13.8. The fourth-order valence-corrected chi connectivity index (χ4v) is 4.72. The van der Waals surface area contributed by atoms with Crippen LogP contribution in [0.3, 0.4) is 0 Å². The number of esters is 1. The van der Waals surface area contributed by atoms with Gasteiger partial charge in [0, 0.05) is 38.7 Å². The summed E-state index contributed by atoms with van der Waals surface area (Å²) < 4.78 is 33.1. The van der Waals surface area contributed by atoms with E-state index in [1.165, 1.54) is 12.1 Å². The van der Waals surface area contributed by atoms with Crippen LogP contribution < -0.4 is 0 Å². The molecule has 2 aliphatic rings. The molecule has 1 amide bonds. The van der Waals surface area contributed by atoms with Crippen molar-refractivity contribution in [2.75, 3.05) is 32.8 Å². The molecule has 0 aliphatic carbocycles. The van der Waals surface area contributed by atoms with Gasteiger partial charge in [-0.15, -0.1) is 0 Å². The highest BCUT2D eigenvalue weighted by atomic mass is 19.1. The van der Waals surface area contributed by atoms with E-state index in [-0.39, 0.29) is 30.9 Å². The molecule has 2 saturated heterocycles. The van der Waals surface area contributed by atoms with E-state index in [0.29, 0.717) is 18.5 Å². The highest BCUT2D eigenvalue weighted by Gasteiger charge is 2.45. The van der Waals surface area contributed by atoms with Gasteiger partial charge in [-0.25, -0.2) is 8.78 Å². The molecular weight excluding hydrogens is 378 g/mol. The summed E-state index contributed by atoms with van der Waals surface area (Å²) in [7, 11) is 0. The van der Waals surface area contributed by atoms with Crippen LogP contribution in [0.2, 0.25) is 0 Å². The molecule has 5 nitrogen and oxygen atoms in total. The summed E-state index contributed by atoms with van der Waals surface area (Å²) in [6.45, 7) is 6.42. The van der Waals surface area contributed by atoms with Crippen molar-refractivity contribution >= 4 is 11.9 Å². The van der Waals surface area contributed by atoms with Crippen LogP contribution in [0.15, 0.2) is 18.2 Å². The summed E-state index contributed by atoms with van der Waals surface area (Å²) in [5.41, 5.74) is -0.502. The van der Waals surface area contributed by atoms with Gasteiger partial charge in [0.15, 0.2) is 0 Å². The summed E-state index contributed by atoms with van der Waals surface area (Å²) in [4.78, 5) is 28.7. The number of benzene rings is 1. The Labute approximate surface area is 171 Å². The average molecular weight is 408 g/mol. The lowest BCUT2D eigenvalue weighted by atomic mass is 9.74. The number of ether oxygens (including phenoxy) is 1. The third-order valence-electron chi connectivity index (χ3n) is 6.29. The highest BCUT2D eigenvalue weighted by Crippen LogP contribution is 2.38. The Morgan fingerprint density at radius 2 is 1.93 bits per heavy atom. The molecular formula is C22H30F2N2O3. The van der Waals surface area contributed by atoms with E-state index in [9.17, 15) is 18.4 Å². The van der Waals surface area contributed by atoms with Gasteiger partial charge < -0.3 is 9.64 Å². The number of amides is 1. The molecule has 1 atom stereocenters. The minimum absolute atomic E-state index is 0.0924. The maximum atomic E-state index is 14.4. The number of carbonyl (C=O) groups excluding carboxylic acids is 2. The topological polar surface area (TPSA) is 49.9 Å². The molecule has 29 heavy (non-hydrogen) atoms. The molecule has 0 saturated carbocycles. The summed E-state index contributed by atoms with van der Waals surface area (Å²) in [5.74, 6) is -1.47. The van der Waals surface area contributed by atoms with Gasteiger partial charge in [-0.2, -0.15) is 0 Å². The molecule has 1 unspecified atom stereocenters. The van der Waals surface area contributed by atoms with Gasteiger partial charge in [-0.1, -0.05) is 6.07 Å². The molecule has 0 spiro atoms. The van der Waals surface area contributed by atoms with Crippen LogP contribution in [0.5, 0.6) is 0 Å². The first-order valence-corrected chi connectivity index (χ1v) is 10.5. The third-order valence-corrected chi connectivity index (χ3v) is 6.29. The molecule has 7 heteroatoms. The van der Waals surface area contributed by atoms with E-state index in [1.807, 2.05) is 4.90 Å². The van der Waals surface area contributed by atoms with Crippen LogP contribution in [0.25, 0.3) is 0 Å². The molecule has 0 bridgehead atoms. The maximum Gasteiger partial charge on any atom is 0.313 e. The van der Waals surface area contributed by atoms with E-state index in [2.05, 4.69) is 4.90 Å². The van der Waals surface area contributed by atoms with Crippen molar-refractivity contribution in [2.45, 2.75) is 52.0 Å². The minimum Gasteiger partial charge on any atom is -0.466 e. The molecule has 0 N–H and O–H groups in total. The van der Waals surface area contributed by atoms with Gasteiger partial charge in [0.05, 0.1) is 12.0 Å². The molecule has 1 aromatic carbocycles. The monoisotopic (exact) mass is 408 g/mol. The first-order valence-electron chi connectivity index (χ1n) is 10.5.